The standard InChI is InChI=1S/C27H33N3O2/c1-21-9-5-6-12-24(21)20-29-17-8-18-30(27(29)32)25-14-7-13-23(19-25)26(31)28-16-15-22-10-3-2-4-11-22/h5-7,9-10,12-14,19H,2-4,8,11,15-18,20H2,1H3,(H,28,31). The second kappa shape index (κ2) is 10.5. The summed E-state index contributed by atoms with van der Waals surface area (Å²) in [5.41, 5.74) is 5.21. The molecule has 2 aromatic rings. The molecule has 0 aromatic heterocycles. The Balaban J connectivity index is 1.39. The minimum atomic E-state index is -0.0792. The Labute approximate surface area is 191 Å². The highest BCUT2D eigenvalue weighted by Crippen LogP contribution is 2.24. The van der Waals surface area contributed by atoms with Gasteiger partial charge in [-0.15, -0.1) is 0 Å². The molecule has 2 aliphatic rings. The van der Waals surface area contributed by atoms with Crippen LogP contribution in [-0.2, 0) is 6.54 Å². The van der Waals surface area contributed by atoms with Crippen molar-refractivity contribution in [1.29, 1.82) is 0 Å². The van der Waals surface area contributed by atoms with Crippen molar-refractivity contribution in [3.8, 4) is 0 Å². The predicted octanol–water partition coefficient (Wildman–Crippen LogP) is 5.45. The summed E-state index contributed by atoms with van der Waals surface area (Å²) in [6, 6.07) is 15.6. The first kappa shape index (κ1) is 22.1. The Bertz CT molecular complexity index is 998. The molecule has 5 nitrogen and oxygen atoms in total. The van der Waals surface area contributed by atoms with Gasteiger partial charge in [-0.05, 0) is 74.8 Å². The number of aryl methyl sites for hydroxylation is 1. The second-order valence-electron chi connectivity index (χ2n) is 8.80. The number of allylic oxidation sites excluding steroid dienone is 1. The van der Waals surface area contributed by atoms with Crippen LogP contribution in [0.4, 0.5) is 10.5 Å². The molecule has 168 valence electrons. The Morgan fingerprint density at radius 1 is 1.03 bits per heavy atom. The molecule has 0 unspecified atom stereocenters. The minimum absolute atomic E-state index is 0.00120. The van der Waals surface area contributed by atoms with Gasteiger partial charge in [-0.25, -0.2) is 4.79 Å². The number of hydrogen-bond acceptors (Lipinski definition) is 2. The largest absolute Gasteiger partial charge is 0.352 e. The molecule has 1 aliphatic heterocycles. The van der Waals surface area contributed by atoms with Crippen molar-refractivity contribution in [2.24, 2.45) is 0 Å². The predicted molar refractivity (Wildman–Crippen MR) is 129 cm³/mol. The highest BCUT2D eigenvalue weighted by atomic mass is 16.2. The summed E-state index contributed by atoms with van der Waals surface area (Å²) in [7, 11) is 0. The van der Waals surface area contributed by atoms with Crippen molar-refractivity contribution in [2.75, 3.05) is 24.5 Å². The summed E-state index contributed by atoms with van der Waals surface area (Å²) in [5, 5.41) is 3.04. The fourth-order valence-corrected chi connectivity index (χ4v) is 4.55. The first-order valence-corrected chi connectivity index (χ1v) is 11.8. The van der Waals surface area contributed by atoms with Gasteiger partial charge >= 0.3 is 6.03 Å². The van der Waals surface area contributed by atoms with Crippen LogP contribution < -0.4 is 10.2 Å². The van der Waals surface area contributed by atoms with Crippen molar-refractivity contribution in [2.45, 2.75) is 52.0 Å². The normalized spacial score (nSPS) is 16.7. The van der Waals surface area contributed by atoms with Crippen LogP contribution in [0.3, 0.4) is 0 Å². The van der Waals surface area contributed by atoms with Gasteiger partial charge in [0.05, 0.1) is 0 Å². The summed E-state index contributed by atoms with van der Waals surface area (Å²) in [5.74, 6) is -0.0792. The number of rotatable bonds is 7. The van der Waals surface area contributed by atoms with E-state index in [9.17, 15) is 9.59 Å². The number of benzene rings is 2. The summed E-state index contributed by atoms with van der Waals surface area (Å²) < 4.78 is 0. The van der Waals surface area contributed by atoms with Crippen molar-refractivity contribution in [3.05, 3.63) is 76.9 Å². The third kappa shape index (κ3) is 5.39. The molecule has 32 heavy (non-hydrogen) atoms. The van der Waals surface area contributed by atoms with E-state index in [4.69, 9.17) is 0 Å². The molecule has 1 N–H and O–H groups in total. The Kier molecular flexibility index (Phi) is 7.25. The molecule has 3 amide bonds. The Hall–Kier alpha value is -3.08. The van der Waals surface area contributed by atoms with Gasteiger partial charge in [0.25, 0.3) is 5.91 Å². The molecule has 0 radical (unpaired) electrons. The average Bonchev–Trinajstić information content (AvgIpc) is 2.82. The van der Waals surface area contributed by atoms with E-state index >= 15 is 0 Å². The molecule has 1 fully saturated rings. The molecule has 2 aromatic carbocycles. The topological polar surface area (TPSA) is 52.6 Å². The summed E-state index contributed by atoms with van der Waals surface area (Å²) in [6.45, 7) is 4.76. The van der Waals surface area contributed by atoms with Crippen molar-refractivity contribution < 1.29 is 9.59 Å². The Morgan fingerprint density at radius 2 is 1.91 bits per heavy atom. The van der Waals surface area contributed by atoms with Crippen molar-refractivity contribution in [1.82, 2.24) is 10.2 Å². The van der Waals surface area contributed by atoms with Crippen LogP contribution in [0.15, 0.2) is 60.2 Å². The van der Waals surface area contributed by atoms with E-state index in [0.717, 1.165) is 37.9 Å². The summed E-state index contributed by atoms with van der Waals surface area (Å²) in [6.07, 6.45) is 9.00. The maximum Gasteiger partial charge on any atom is 0.324 e. The van der Waals surface area contributed by atoms with Crippen LogP contribution >= 0.6 is 0 Å². The van der Waals surface area contributed by atoms with Crippen molar-refractivity contribution >= 4 is 17.6 Å². The summed E-state index contributed by atoms with van der Waals surface area (Å²) >= 11 is 0. The van der Waals surface area contributed by atoms with E-state index in [2.05, 4.69) is 30.4 Å². The van der Waals surface area contributed by atoms with Gasteiger partial charge in [0.15, 0.2) is 0 Å². The molecule has 1 saturated heterocycles. The van der Waals surface area contributed by atoms with E-state index in [-0.39, 0.29) is 11.9 Å². The third-order valence-electron chi connectivity index (χ3n) is 6.47. The van der Waals surface area contributed by atoms with Gasteiger partial charge < -0.3 is 10.2 Å². The van der Waals surface area contributed by atoms with E-state index in [1.165, 1.54) is 29.5 Å². The highest BCUT2D eigenvalue weighted by molar-refractivity contribution is 5.98. The maximum atomic E-state index is 13.2. The van der Waals surface area contributed by atoms with Gasteiger partial charge in [-0.1, -0.05) is 42.0 Å². The monoisotopic (exact) mass is 431 g/mol. The van der Waals surface area contributed by atoms with Gasteiger partial charge in [-0.2, -0.15) is 0 Å². The molecule has 0 saturated carbocycles. The Morgan fingerprint density at radius 3 is 2.72 bits per heavy atom. The van der Waals surface area contributed by atoms with Crippen LogP contribution in [0.2, 0.25) is 0 Å². The van der Waals surface area contributed by atoms with Gasteiger partial charge in [-0.3, -0.25) is 9.69 Å². The minimum Gasteiger partial charge on any atom is -0.352 e. The van der Waals surface area contributed by atoms with Crippen LogP contribution in [0.1, 0.15) is 60.0 Å². The number of nitrogens with zero attached hydrogens (tertiary/aromatic N) is 2. The SMILES string of the molecule is Cc1ccccc1CN1CCCN(c2cccc(C(=O)NCCC3=CCCCC3)c2)C1=O. The first-order chi connectivity index (χ1) is 15.6. The number of amides is 3. The molecular weight excluding hydrogens is 398 g/mol. The molecule has 5 heteroatoms. The molecule has 0 bridgehead atoms. The lowest BCUT2D eigenvalue weighted by Gasteiger charge is -2.36. The number of anilines is 1. The molecule has 0 atom stereocenters. The van der Waals surface area contributed by atoms with Gasteiger partial charge in [0.2, 0.25) is 0 Å². The zero-order valence-corrected chi connectivity index (χ0v) is 19.0. The quantitative estimate of drug-likeness (QED) is 0.593. The number of nitrogens with one attached hydrogen (secondary N) is 1. The number of urea groups is 1. The fraction of sp³-hybridized carbons (Fsp3) is 0.407. The number of carbonyl (C=O) groups excluding carboxylic acids is 2. The van der Waals surface area contributed by atoms with Crippen LogP contribution in [0.5, 0.6) is 0 Å². The first-order valence-electron chi connectivity index (χ1n) is 11.8. The molecule has 4 rings (SSSR count). The van der Waals surface area contributed by atoms with Crippen molar-refractivity contribution in [3.63, 3.8) is 0 Å². The lowest BCUT2D eigenvalue weighted by atomic mass is 9.97. The fourth-order valence-electron chi connectivity index (χ4n) is 4.55. The lowest BCUT2D eigenvalue weighted by molar-refractivity contribution is 0.0954. The number of hydrogen-bond donors (Lipinski definition) is 1. The van der Waals surface area contributed by atoms with E-state index in [1.807, 2.05) is 41.3 Å². The van der Waals surface area contributed by atoms with Crippen LogP contribution in [-0.4, -0.2) is 36.5 Å². The number of carbonyl (C=O) groups is 2. The second-order valence-corrected chi connectivity index (χ2v) is 8.80. The average molecular weight is 432 g/mol. The van der Waals surface area contributed by atoms with Gasteiger partial charge in [0, 0.05) is 37.4 Å². The van der Waals surface area contributed by atoms with Crippen LogP contribution in [0.25, 0.3) is 0 Å². The molecule has 1 aliphatic carbocycles. The van der Waals surface area contributed by atoms with E-state index < -0.39 is 0 Å². The highest BCUT2D eigenvalue weighted by Gasteiger charge is 2.27. The third-order valence-corrected chi connectivity index (χ3v) is 6.47. The van der Waals surface area contributed by atoms with Gasteiger partial charge in [0.1, 0.15) is 0 Å². The summed E-state index contributed by atoms with van der Waals surface area (Å²) in [4.78, 5) is 29.6. The zero-order chi connectivity index (χ0) is 22.3. The lowest BCUT2D eigenvalue weighted by Crippen LogP contribution is -2.49. The molecule has 0 spiro atoms. The molecule has 1 heterocycles. The smallest absolute Gasteiger partial charge is 0.324 e. The van der Waals surface area contributed by atoms with E-state index in [1.54, 1.807) is 4.90 Å². The zero-order valence-electron chi connectivity index (χ0n) is 19.0. The van der Waals surface area contributed by atoms with E-state index in [0.29, 0.717) is 25.2 Å². The molecular formula is C27H33N3O2. The van der Waals surface area contributed by atoms with Crippen LogP contribution in [0, 0.1) is 6.92 Å². The maximum absolute atomic E-state index is 13.2.